The number of methoxy groups -OCH3 is 2. The van der Waals surface area contributed by atoms with Gasteiger partial charge in [0.25, 0.3) is 5.91 Å². The van der Waals surface area contributed by atoms with Crippen LogP contribution in [0.5, 0.6) is 5.75 Å². The molecule has 0 aromatic heterocycles. The minimum atomic E-state index is -1.02. The predicted molar refractivity (Wildman–Crippen MR) is 124 cm³/mol. The van der Waals surface area contributed by atoms with Crippen LogP contribution in [0.2, 0.25) is 0 Å². The van der Waals surface area contributed by atoms with Crippen molar-refractivity contribution >= 4 is 24.6 Å². The molecule has 9 heteroatoms. The molecule has 1 N–H and O–H groups in total. The van der Waals surface area contributed by atoms with Gasteiger partial charge < -0.3 is 24.3 Å². The number of esters is 2. The van der Waals surface area contributed by atoms with Crippen LogP contribution in [-0.4, -0.2) is 50.9 Å². The Hall–Kier alpha value is -3.62. The van der Waals surface area contributed by atoms with Gasteiger partial charge in [0.1, 0.15) is 17.9 Å². The van der Waals surface area contributed by atoms with Crippen molar-refractivity contribution in [2.75, 3.05) is 14.2 Å². The summed E-state index contributed by atoms with van der Waals surface area (Å²) in [7, 11) is 2.92. The van der Waals surface area contributed by atoms with E-state index in [-0.39, 0.29) is 23.1 Å². The molecule has 1 amide bonds. The van der Waals surface area contributed by atoms with Crippen LogP contribution in [0.25, 0.3) is 0 Å². The molecule has 33 heavy (non-hydrogen) atoms. The molecule has 0 aliphatic heterocycles. The Bertz CT molecular complexity index is 936. The van der Waals surface area contributed by atoms with E-state index >= 15 is 0 Å². The lowest BCUT2D eigenvalue weighted by atomic mass is 9.95. The number of nitrogens with one attached hydrogen (secondary N) is 1. The number of carbonyl (C=O) groups is 3. The molecule has 0 heterocycles. The summed E-state index contributed by atoms with van der Waals surface area (Å²) in [5.41, 5.74) is 0.581. The minimum absolute atomic E-state index is 0.109. The van der Waals surface area contributed by atoms with Crippen LogP contribution < -0.4 is 10.1 Å². The van der Waals surface area contributed by atoms with Crippen LogP contribution in [0.4, 0.5) is 0 Å². The molecule has 3 atom stereocenters. The van der Waals surface area contributed by atoms with Crippen molar-refractivity contribution in [3.63, 3.8) is 0 Å². The summed E-state index contributed by atoms with van der Waals surface area (Å²) in [4.78, 5) is 40.6. The van der Waals surface area contributed by atoms with Gasteiger partial charge in [0.15, 0.2) is 11.5 Å². The number of benzene rings is 1. The zero-order chi connectivity index (χ0) is 25.1. The highest BCUT2D eigenvalue weighted by Gasteiger charge is 2.27. The molecule has 9 nitrogen and oxygen atoms in total. The molecular weight excluding hydrogens is 428 g/mol. The van der Waals surface area contributed by atoms with Crippen LogP contribution in [0.15, 0.2) is 52.5 Å². The van der Waals surface area contributed by atoms with Gasteiger partial charge in [-0.2, -0.15) is 0 Å². The Morgan fingerprint density at radius 2 is 1.76 bits per heavy atom. The highest BCUT2D eigenvalue weighted by atomic mass is 16.6. The first-order chi connectivity index (χ1) is 15.6. The van der Waals surface area contributed by atoms with E-state index in [4.69, 9.17) is 18.9 Å². The summed E-state index contributed by atoms with van der Waals surface area (Å²) in [5, 5.41) is 2.49. The second-order valence-corrected chi connectivity index (χ2v) is 7.15. The standard InChI is InChI=1S/C24H32N2O7/c1-9-19(30-7)22(33-17(5)27)21(25-6)23(28)26-15(3)24(29)32-16(4)14(2)18-12-10-11-13-20(18)31-8/h9-16H,6H2,1-5,7-8H3,(H,26,28)/b19-9+,22-21+/t14-,15+,16+/m1/s1. The van der Waals surface area contributed by atoms with E-state index in [0.717, 1.165) is 5.56 Å². The van der Waals surface area contributed by atoms with Gasteiger partial charge in [0.05, 0.1) is 14.2 Å². The van der Waals surface area contributed by atoms with Crippen molar-refractivity contribution < 1.29 is 33.3 Å². The van der Waals surface area contributed by atoms with Crippen molar-refractivity contribution in [3.8, 4) is 5.75 Å². The van der Waals surface area contributed by atoms with E-state index < -0.39 is 30.0 Å². The van der Waals surface area contributed by atoms with E-state index in [0.29, 0.717) is 5.75 Å². The number of amides is 1. The SMILES string of the molecule is C=N/C(C(=O)N[C@@H](C)C(=O)O[C@@H](C)[C@@H](C)c1ccccc1OC)=C(OC(C)=O)\C(=C/C)OC. The topological polar surface area (TPSA) is 113 Å². The van der Waals surface area contributed by atoms with Gasteiger partial charge in [0.2, 0.25) is 5.76 Å². The third-order valence-corrected chi connectivity index (χ3v) is 4.88. The molecule has 180 valence electrons. The zero-order valence-corrected chi connectivity index (χ0v) is 20.1. The highest BCUT2D eigenvalue weighted by molar-refractivity contribution is 5.97. The van der Waals surface area contributed by atoms with Crippen LogP contribution in [0.3, 0.4) is 0 Å². The van der Waals surface area contributed by atoms with Gasteiger partial charge in [-0.1, -0.05) is 25.1 Å². The largest absolute Gasteiger partial charge is 0.496 e. The fourth-order valence-electron chi connectivity index (χ4n) is 2.95. The maximum atomic E-state index is 12.8. The van der Waals surface area contributed by atoms with Crippen LogP contribution >= 0.6 is 0 Å². The molecule has 0 saturated heterocycles. The average Bonchev–Trinajstić information content (AvgIpc) is 2.79. The van der Waals surface area contributed by atoms with Crippen LogP contribution in [0, 0.1) is 0 Å². The Morgan fingerprint density at radius 1 is 1.12 bits per heavy atom. The molecule has 1 rings (SSSR count). The molecule has 0 aliphatic rings. The normalized spacial score (nSPS) is 14.7. The van der Waals surface area contributed by atoms with E-state index in [1.165, 1.54) is 27.0 Å². The number of ether oxygens (including phenoxy) is 4. The Labute approximate surface area is 194 Å². The first-order valence-corrected chi connectivity index (χ1v) is 10.3. The second kappa shape index (κ2) is 13.0. The smallest absolute Gasteiger partial charge is 0.328 e. The number of hydrogen-bond acceptors (Lipinski definition) is 8. The summed E-state index contributed by atoms with van der Waals surface area (Å²) in [5.74, 6) is -1.68. The van der Waals surface area contributed by atoms with Crippen LogP contribution in [-0.2, 0) is 28.6 Å². The maximum Gasteiger partial charge on any atom is 0.328 e. The monoisotopic (exact) mass is 460 g/mol. The van der Waals surface area contributed by atoms with E-state index in [1.54, 1.807) is 21.0 Å². The first kappa shape index (κ1) is 27.4. The minimum Gasteiger partial charge on any atom is -0.496 e. The molecule has 0 unspecified atom stereocenters. The fourth-order valence-corrected chi connectivity index (χ4v) is 2.95. The molecular formula is C24H32N2O7. The summed E-state index contributed by atoms with van der Waals surface area (Å²) in [6.45, 7) is 11.3. The lowest BCUT2D eigenvalue weighted by Gasteiger charge is -2.24. The Morgan fingerprint density at radius 3 is 2.27 bits per heavy atom. The lowest BCUT2D eigenvalue weighted by molar-refractivity contribution is -0.152. The molecule has 0 aliphatic carbocycles. The predicted octanol–water partition coefficient (Wildman–Crippen LogP) is 3.26. The summed E-state index contributed by atoms with van der Waals surface area (Å²) < 4.78 is 21.2. The lowest BCUT2D eigenvalue weighted by Crippen LogP contribution is -2.42. The van der Waals surface area contributed by atoms with Crippen molar-refractivity contribution in [2.24, 2.45) is 4.99 Å². The van der Waals surface area contributed by atoms with Gasteiger partial charge in [-0.05, 0) is 39.6 Å². The van der Waals surface area contributed by atoms with Crippen molar-refractivity contribution in [2.45, 2.75) is 52.7 Å². The fraction of sp³-hybridized carbons (Fsp3) is 0.417. The molecule has 1 aromatic carbocycles. The van der Waals surface area contributed by atoms with Gasteiger partial charge in [-0.3, -0.25) is 14.6 Å². The van der Waals surface area contributed by atoms with Crippen LogP contribution in [0.1, 0.15) is 46.1 Å². The average molecular weight is 461 g/mol. The van der Waals surface area contributed by atoms with Gasteiger partial charge in [0, 0.05) is 18.4 Å². The van der Waals surface area contributed by atoms with E-state index in [9.17, 15) is 14.4 Å². The molecule has 0 bridgehead atoms. The molecule has 0 radical (unpaired) electrons. The summed E-state index contributed by atoms with van der Waals surface area (Å²) >= 11 is 0. The zero-order valence-electron chi connectivity index (χ0n) is 20.1. The third kappa shape index (κ3) is 7.48. The van der Waals surface area contributed by atoms with Gasteiger partial charge in [-0.25, -0.2) is 4.79 Å². The number of rotatable bonds is 11. The first-order valence-electron chi connectivity index (χ1n) is 10.3. The summed E-state index contributed by atoms with van der Waals surface area (Å²) in [6, 6.07) is 6.45. The quantitative estimate of drug-likeness (QED) is 0.177. The van der Waals surface area contributed by atoms with E-state index in [2.05, 4.69) is 17.0 Å². The van der Waals surface area contributed by atoms with Gasteiger partial charge in [-0.15, -0.1) is 0 Å². The third-order valence-electron chi connectivity index (χ3n) is 4.88. The number of carbonyl (C=O) groups excluding carboxylic acids is 3. The number of aliphatic imine (C=N–C) groups is 1. The number of hydrogen-bond donors (Lipinski definition) is 1. The van der Waals surface area contributed by atoms with Gasteiger partial charge >= 0.3 is 11.9 Å². The second-order valence-electron chi connectivity index (χ2n) is 7.15. The number of nitrogens with zero attached hydrogens (tertiary/aromatic N) is 1. The maximum absolute atomic E-state index is 12.8. The van der Waals surface area contributed by atoms with Crippen molar-refractivity contribution in [1.82, 2.24) is 5.32 Å². The number of allylic oxidation sites excluding steroid dienone is 1. The summed E-state index contributed by atoms with van der Waals surface area (Å²) in [6.07, 6.45) is 0.996. The molecule has 1 aromatic rings. The number of para-hydroxylation sites is 1. The van der Waals surface area contributed by atoms with Crippen molar-refractivity contribution in [1.29, 1.82) is 0 Å². The highest BCUT2D eigenvalue weighted by Crippen LogP contribution is 2.29. The molecule has 0 spiro atoms. The molecule has 0 fully saturated rings. The Kier molecular flexibility index (Phi) is 10.8. The Balaban J connectivity index is 3.00. The molecule has 0 saturated carbocycles. The van der Waals surface area contributed by atoms with E-state index in [1.807, 2.05) is 31.2 Å². The van der Waals surface area contributed by atoms with Crippen molar-refractivity contribution in [3.05, 3.63) is 53.1 Å².